The second kappa shape index (κ2) is 12.8. The van der Waals surface area contributed by atoms with E-state index in [1.165, 1.54) is 44.8 Å². The summed E-state index contributed by atoms with van der Waals surface area (Å²) in [6.07, 6.45) is 2.91. The standard InChI is InChI=1S/C29H31N5O6S2/c1-3-39-23-9-12-25-26(18-23)41-28(31-25)34(20-21-6-5-13-30-19-21)27(35)22-7-10-24(11-8-22)42(37,38)33-16-14-32(15-17-33)29(36)40-4-2/h5-13,18-19H,3-4,14-17,20H2,1-2H3. The molecule has 1 saturated heterocycles. The lowest BCUT2D eigenvalue weighted by Gasteiger charge is -2.33. The van der Waals surface area contributed by atoms with Crippen molar-refractivity contribution in [1.82, 2.24) is 19.2 Å². The second-order valence-corrected chi connectivity index (χ2v) is 12.4. The fourth-order valence-corrected chi connectivity index (χ4v) is 6.98. The van der Waals surface area contributed by atoms with Crippen molar-refractivity contribution in [2.24, 2.45) is 0 Å². The number of sulfonamides is 1. The minimum absolute atomic E-state index is 0.0749. The summed E-state index contributed by atoms with van der Waals surface area (Å²) in [5.41, 5.74) is 1.88. The average Bonchev–Trinajstić information content (AvgIpc) is 3.44. The number of carbonyl (C=O) groups is 2. The van der Waals surface area contributed by atoms with Crippen molar-refractivity contribution in [1.29, 1.82) is 0 Å². The van der Waals surface area contributed by atoms with Gasteiger partial charge in [0.25, 0.3) is 5.91 Å². The Balaban J connectivity index is 1.37. The lowest BCUT2D eigenvalue weighted by molar-refractivity contribution is 0.0933. The molecular formula is C29H31N5O6S2. The summed E-state index contributed by atoms with van der Waals surface area (Å²) in [5, 5.41) is 0.503. The number of piperazine rings is 1. The van der Waals surface area contributed by atoms with Gasteiger partial charge >= 0.3 is 6.09 Å². The van der Waals surface area contributed by atoms with Crippen LogP contribution in [0.5, 0.6) is 5.75 Å². The molecule has 1 fully saturated rings. The molecule has 2 amide bonds. The topological polar surface area (TPSA) is 122 Å². The van der Waals surface area contributed by atoms with Crippen LogP contribution in [0.15, 0.2) is 71.9 Å². The van der Waals surface area contributed by atoms with Crippen molar-refractivity contribution in [2.75, 3.05) is 44.3 Å². The third kappa shape index (κ3) is 6.37. The lowest BCUT2D eigenvalue weighted by Crippen LogP contribution is -2.50. The SMILES string of the molecule is CCOC(=O)N1CCN(S(=O)(=O)c2ccc(C(=O)N(Cc3cccnc3)c3nc4ccc(OCC)cc4s3)cc2)CC1. The van der Waals surface area contributed by atoms with Gasteiger partial charge in [0.15, 0.2) is 5.13 Å². The molecule has 3 heterocycles. The monoisotopic (exact) mass is 609 g/mol. The van der Waals surface area contributed by atoms with Crippen LogP contribution in [0.3, 0.4) is 0 Å². The number of aromatic nitrogens is 2. The van der Waals surface area contributed by atoms with Crippen LogP contribution in [0.1, 0.15) is 29.8 Å². The molecule has 1 aliphatic heterocycles. The number of rotatable bonds is 9. The summed E-state index contributed by atoms with van der Waals surface area (Å²) in [6.45, 7) is 5.47. The molecule has 1 aliphatic rings. The van der Waals surface area contributed by atoms with Gasteiger partial charge in [0.2, 0.25) is 10.0 Å². The smallest absolute Gasteiger partial charge is 0.409 e. The largest absolute Gasteiger partial charge is 0.494 e. The van der Waals surface area contributed by atoms with E-state index in [4.69, 9.17) is 14.5 Å². The van der Waals surface area contributed by atoms with E-state index in [1.54, 1.807) is 30.3 Å². The van der Waals surface area contributed by atoms with E-state index in [9.17, 15) is 18.0 Å². The number of fused-ring (bicyclic) bond motifs is 1. The predicted octanol–water partition coefficient (Wildman–Crippen LogP) is 4.40. The summed E-state index contributed by atoms with van der Waals surface area (Å²) < 4.78 is 39.5. The number of pyridine rings is 1. The van der Waals surface area contributed by atoms with Gasteiger partial charge in [-0.3, -0.25) is 14.7 Å². The zero-order chi connectivity index (χ0) is 29.7. The highest BCUT2D eigenvalue weighted by molar-refractivity contribution is 7.89. The van der Waals surface area contributed by atoms with Gasteiger partial charge in [-0.2, -0.15) is 4.31 Å². The van der Waals surface area contributed by atoms with Crippen molar-refractivity contribution < 1.29 is 27.5 Å². The summed E-state index contributed by atoms with van der Waals surface area (Å²) in [7, 11) is -3.81. The normalized spacial score (nSPS) is 14.1. The molecule has 0 bridgehead atoms. The third-order valence-corrected chi connectivity index (χ3v) is 9.66. The summed E-state index contributed by atoms with van der Waals surface area (Å²) in [5.74, 6) is 0.402. The number of anilines is 1. The summed E-state index contributed by atoms with van der Waals surface area (Å²) in [4.78, 5) is 37.9. The molecule has 0 atom stereocenters. The molecule has 0 radical (unpaired) electrons. The highest BCUT2D eigenvalue weighted by Gasteiger charge is 2.31. The van der Waals surface area contributed by atoms with Crippen molar-refractivity contribution in [3.05, 3.63) is 78.1 Å². The van der Waals surface area contributed by atoms with Crippen LogP contribution in [-0.2, 0) is 21.3 Å². The maximum atomic E-state index is 13.9. The number of benzene rings is 2. The van der Waals surface area contributed by atoms with Crippen molar-refractivity contribution >= 4 is 48.7 Å². The number of hydrogen-bond acceptors (Lipinski definition) is 9. The Kier molecular flexibility index (Phi) is 9.00. The Labute approximate surface area is 248 Å². The van der Waals surface area contributed by atoms with Crippen LogP contribution < -0.4 is 9.64 Å². The molecule has 42 heavy (non-hydrogen) atoms. The van der Waals surface area contributed by atoms with Crippen molar-refractivity contribution in [3.63, 3.8) is 0 Å². The minimum Gasteiger partial charge on any atom is -0.494 e. The molecule has 0 saturated carbocycles. The van der Waals surface area contributed by atoms with E-state index in [1.807, 2.05) is 31.2 Å². The summed E-state index contributed by atoms with van der Waals surface area (Å²) in [6, 6.07) is 15.2. The zero-order valence-corrected chi connectivity index (χ0v) is 24.9. The van der Waals surface area contributed by atoms with Gasteiger partial charge in [0.05, 0.1) is 34.9 Å². The number of ether oxygens (including phenoxy) is 2. The first-order chi connectivity index (χ1) is 20.3. The fourth-order valence-electron chi connectivity index (χ4n) is 4.57. The van der Waals surface area contributed by atoms with Crippen LogP contribution >= 0.6 is 11.3 Å². The molecule has 2 aromatic heterocycles. The number of amides is 2. The molecule has 0 unspecified atom stereocenters. The molecular weight excluding hydrogens is 578 g/mol. The first kappa shape index (κ1) is 29.4. The maximum absolute atomic E-state index is 13.9. The van der Waals surface area contributed by atoms with Crippen molar-refractivity contribution in [2.45, 2.75) is 25.3 Å². The number of carbonyl (C=O) groups excluding carboxylic acids is 2. The quantitative estimate of drug-likeness (QED) is 0.274. The van der Waals surface area contributed by atoms with Gasteiger partial charge in [-0.05, 0) is 67.9 Å². The van der Waals surface area contributed by atoms with E-state index < -0.39 is 16.1 Å². The Morgan fingerprint density at radius 2 is 1.76 bits per heavy atom. The molecule has 4 aromatic rings. The van der Waals surface area contributed by atoms with Gasteiger partial charge in [0.1, 0.15) is 5.75 Å². The number of nitrogens with zero attached hydrogens (tertiary/aromatic N) is 5. The second-order valence-electron chi connectivity index (χ2n) is 9.43. The van der Waals surface area contributed by atoms with Gasteiger partial charge in [-0.25, -0.2) is 18.2 Å². The fraction of sp³-hybridized carbons (Fsp3) is 0.310. The molecule has 220 valence electrons. The molecule has 0 spiro atoms. The van der Waals surface area contributed by atoms with Crippen LogP contribution in [0.25, 0.3) is 10.2 Å². The average molecular weight is 610 g/mol. The highest BCUT2D eigenvalue weighted by atomic mass is 32.2. The lowest BCUT2D eigenvalue weighted by atomic mass is 10.2. The molecule has 0 aliphatic carbocycles. The minimum atomic E-state index is -3.81. The highest BCUT2D eigenvalue weighted by Crippen LogP contribution is 2.33. The molecule has 11 nitrogen and oxygen atoms in total. The molecule has 2 aromatic carbocycles. The van der Waals surface area contributed by atoms with Gasteiger partial charge in [0, 0.05) is 44.1 Å². The van der Waals surface area contributed by atoms with E-state index in [0.29, 0.717) is 17.3 Å². The van der Waals surface area contributed by atoms with E-state index in [2.05, 4.69) is 4.98 Å². The van der Waals surface area contributed by atoms with Gasteiger partial charge < -0.3 is 14.4 Å². The van der Waals surface area contributed by atoms with Gasteiger partial charge in [-0.15, -0.1) is 0 Å². The first-order valence-corrected chi connectivity index (χ1v) is 15.8. The van der Waals surface area contributed by atoms with Crippen LogP contribution in [0, 0.1) is 0 Å². The van der Waals surface area contributed by atoms with Crippen LogP contribution in [0.2, 0.25) is 0 Å². The Hall–Kier alpha value is -4.07. The van der Waals surface area contributed by atoms with E-state index in [-0.39, 0.29) is 50.1 Å². The van der Waals surface area contributed by atoms with Crippen LogP contribution in [-0.4, -0.2) is 79.0 Å². The molecule has 0 N–H and O–H groups in total. The number of hydrogen-bond donors (Lipinski definition) is 0. The van der Waals surface area contributed by atoms with E-state index in [0.717, 1.165) is 21.5 Å². The Bertz CT molecular complexity index is 1650. The Morgan fingerprint density at radius 3 is 2.43 bits per heavy atom. The predicted molar refractivity (Wildman–Crippen MR) is 159 cm³/mol. The van der Waals surface area contributed by atoms with E-state index >= 15 is 0 Å². The third-order valence-electron chi connectivity index (χ3n) is 6.70. The molecule has 5 rings (SSSR count). The number of thiazole rings is 1. The molecule has 13 heteroatoms. The van der Waals surface area contributed by atoms with Crippen molar-refractivity contribution in [3.8, 4) is 5.75 Å². The maximum Gasteiger partial charge on any atom is 0.409 e. The Morgan fingerprint density at radius 1 is 1.00 bits per heavy atom. The zero-order valence-electron chi connectivity index (χ0n) is 23.3. The summed E-state index contributed by atoms with van der Waals surface area (Å²) >= 11 is 1.37. The van der Waals surface area contributed by atoms with Crippen LogP contribution in [0.4, 0.5) is 9.93 Å². The first-order valence-electron chi connectivity index (χ1n) is 13.6. The van der Waals surface area contributed by atoms with Gasteiger partial charge in [-0.1, -0.05) is 17.4 Å².